The van der Waals surface area contributed by atoms with Gasteiger partial charge >= 0.3 is 6.36 Å². The number of aliphatic hydroxyl groups is 1. The molecule has 5 nitrogen and oxygen atoms in total. The van der Waals surface area contributed by atoms with Gasteiger partial charge in [0, 0.05) is 31.2 Å². The lowest BCUT2D eigenvalue weighted by atomic mass is 10.1. The van der Waals surface area contributed by atoms with Crippen molar-refractivity contribution in [1.82, 2.24) is 15.3 Å². The van der Waals surface area contributed by atoms with Gasteiger partial charge in [0.15, 0.2) is 0 Å². The monoisotopic (exact) mass is 327 g/mol. The van der Waals surface area contributed by atoms with Crippen LogP contribution in [0.4, 0.5) is 13.2 Å². The van der Waals surface area contributed by atoms with Gasteiger partial charge in [-0.15, -0.1) is 13.2 Å². The molecule has 8 heteroatoms. The number of hydrogen-bond donors (Lipinski definition) is 2. The van der Waals surface area contributed by atoms with E-state index in [2.05, 4.69) is 20.0 Å². The summed E-state index contributed by atoms with van der Waals surface area (Å²) >= 11 is 0. The smallest absolute Gasteiger partial charge is 0.406 e. The Bertz CT molecular complexity index is 606. The maximum absolute atomic E-state index is 12.1. The second-order valence-electron chi connectivity index (χ2n) is 4.89. The Hall–Kier alpha value is -2.19. The Balaban J connectivity index is 1.89. The first-order valence-corrected chi connectivity index (χ1v) is 6.88. The van der Waals surface area contributed by atoms with Crippen LogP contribution in [0.25, 0.3) is 0 Å². The third-order valence-electron chi connectivity index (χ3n) is 3.14. The van der Waals surface area contributed by atoms with Crippen LogP contribution < -0.4 is 10.1 Å². The number of aromatic nitrogens is 2. The van der Waals surface area contributed by atoms with Crippen molar-refractivity contribution in [3.8, 4) is 5.75 Å². The number of nitrogens with one attached hydrogen (secondary N) is 1. The first-order valence-electron chi connectivity index (χ1n) is 6.88. The molecule has 2 atom stereocenters. The van der Waals surface area contributed by atoms with Crippen LogP contribution in [-0.4, -0.2) is 28.0 Å². The predicted molar refractivity (Wildman–Crippen MR) is 76.5 cm³/mol. The van der Waals surface area contributed by atoms with Crippen molar-refractivity contribution in [2.45, 2.75) is 25.4 Å². The number of nitrogens with zero attached hydrogens (tertiary/aromatic N) is 2. The molecule has 1 heterocycles. The van der Waals surface area contributed by atoms with Gasteiger partial charge < -0.3 is 15.2 Å². The molecular formula is C15H16F3N3O2. The molecule has 0 radical (unpaired) electrons. The average Bonchev–Trinajstić information content (AvgIpc) is 2.52. The van der Waals surface area contributed by atoms with Crippen molar-refractivity contribution in [3.63, 3.8) is 0 Å². The van der Waals surface area contributed by atoms with E-state index in [1.54, 1.807) is 18.6 Å². The van der Waals surface area contributed by atoms with Gasteiger partial charge in [-0.05, 0) is 24.6 Å². The summed E-state index contributed by atoms with van der Waals surface area (Å²) in [6, 6.07) is 4.99. The summed E-state index contributed by atoms with van der Waals surface area (Å²) in [5.74, 6) is -0.325. The fourth-order valence-corrected chi connectivity index (χ4v) is 1.94. The van der Waals surface area contributed by atoms with E-state index in [1.165, 1.54) is 12.1 Å². The summed E-state index contributed by atoms with van der Waals surface area (Å²) < 4.78 is 40.0. The zero-order valence-corrected chi connectivity index (χ0v) is 12.3. The molecular weight excluding hydrogens is 311 g/mol. The van der Waals surface area contributed by atoms with Gasteiger partial charge in [-0.2, -0.15) is 0 Å². The van der Waals surface area contributed by atoms with Gasteiger partial charge in [-0.1, -0.05) is 12.1 Å². The molecule has 124 valence electrons. The molecule has 0 unspecified atom stereocenters. The second-order valence-corrected chi connectivity index (χ2v) is 4.89. The summed E-state index contributed by atoms with van der Waals surface area (Å²) in [6.07, 6.45) is -0.839. The molecule has 0 fully saturated rings. The third kappa shape index (κ3) is 5.50. The minimum Gasteiger partial charge on any atom is -0.406 e. The summed E-state index contributed by atoms with van der Waals surface area (Å²) in [5.41, 5.74) is 1.21. The summed E-state index contributed by atoms with van der Waals surface area (Å²) in [6.45, 7) is 2.09. The summed E-state index contributed by atoms with van der Waals surface area (Å²) in [5, 5.41) is 13.2. The Morgan fingerprint density at radius 2 is 1.91 bits per heavy atom. The number of aliphatic hydroxyl groups excluding tert-OH is 1. The van der Waals surface area contributed by atoms with Crippen LogP contribution in [0, 0.1) is 0 Å². The predicted octanol–water partition coefficient (Wildman–Crippen LogP) is 2.76. The lowest BCUT2D eigenvalue weighted by molar-refractivity contribution is -0.274. The van der Waals surface area contributed by atoms with E-state index < -0.39 is 12.5 Å². The fraction of sp³-hybridized carbons (Fsp3) is 0.333. The van der Waals surface area contributed by atoms with E-state index in [9.17, 15) is 18.3 Å². The van der Waals surface area contributed by atoms with Crippen molar-refractivity contribution in [1.29, 1.82) is 0 Å². The molecule has 2 aromatic rings. The molecule has 0 spiro atoms. The van der Waals surface area contributed by atoms with Crippen LogP contribution in [0.2, 0.25) is 0 Å². The second kappa shape index (κ2) is 7.38. The van der Waals surface area contributed by atoms with Crippen LogP contribution in [0.15, 0.2) is 42.9 Å². The highest BCUT2D eigenvalue weighted by atomic mass is 19.4. The van der Waals surface area contributed by atoms with Gasteiger partial charge in [-0.25, -0.2) is 0 Å². The maximum Gasteiger partial charge on any atom is 0.573 e. The molecule has 1 aromatic carbocycles. The van der Waals surface area contributed by atoms with Crippen LogP contribution in [0.5, 0.6) is 5.75 Å². The summed E-state index contributed by atoms with van der Waals surface area (Å²) in [7, 11) is 0. The lowest BCUT2D eigenvalue weighted by Gasteiger charge is -2.17. The van der Waals surface area contributed by atoms with Gasteiger partial charge in [-0.3, -0.25) is 9.97 Å². The molecule has 0 aliphatic rings. The Morgan fingerprint density at radius 3 is 2.48 bits per heavy atom. The molecule has 0 aliphatic carbocycles. The molecule has 0 amide bonds. The largest absolute Gasteiger partial charge is 0.573 e. The Morgan fingerprint density at radius 1 is 1.22 bits per heavy atom. The zero-order chi connectivity index (χ0) is 16.9. The number of ether oxygens (including phenoxy) is 1. The normalized spacial score (nSPS) is 14.3. The van der Waals surface area contributed by atoms with E-state index in [4.69, 9.17) is 0 Å². The average molecular weight is 327 g/mol. The van der Waals surface area contributed by atoms with Crippen LogP contribution in [0.1, 0.15) is 30.3 Å². The lowest BCUT2D eigenvalue weighted by Crippen LogP contribution is -2.25. The van der Waals surface area contributed by atoms with Crippen molar-refractivity contribution < 1.29 is 23.0 Å². The minimum absolute atomic E-state index is 0.119. The highest BCUT2D eigenvalue weighted by Crippen LogP contribution is 2.24. The van der Waals surface area contributed by atoms with E-state index in [1.807, 2.05) is 6.92 Å². The van der Waals surface area contributed by atoms with Gasteiger partial charge in [0.1, 0.15) is 5.75 Å². The van der Waals surface area contributed by atoms with Gasteiger partial charge in [0.05, 0.1) is 11.8 Å². The number of rotatable bonds is 6. The quantitative estimate of drug-likeness (QED) is 0.854. The van der Waals surface area contributed by atoms with Gasteiger partial charge in [0.2, 0.25) is 0 Å². The highest BCUT2D eigenvalue weighted by Gasteiger charge is 2.31. The highest BCUT2D eigenvalue weighted by molar-refractivity contribution is 5.28. The molecule has 2 N–H and O–H groups in total. The first kappa shape index (κ1) is 17.2. The van der Waals surface area contributed by atoms with Crippen LogP contribution in [-0.2, 0) is 0 Å². The van der Waals surface area contributed by atoms with E-state index in [0.29, 0.717) is 5.56 Å². The molecule has 0 aliphatic heterocycles. The Labute approximate surface area is 131 Å². The van der Waals surface area contributed by atoms with E-state index >= 15 is 0 Å². The molecule has 0 bridgehead atoms. The maximum atomic E-state index is 12.1. The molecule has 23 heavy (non-hydrogen) atoms. The number of halogens is 3. The van der Waals surface area contributed by atoms with Gasteiger partial charge in [0.25, 0.3) is 0 Å². The van der Waals surface area contributed by atoms with Crippen LogP contribution in [0.3, 0.4) is 0 Å². The molecule has 2 rings (SSSR count). The molecule has 0 saturated heterocycles. The SMILES string of the molecule is C[C@H](NC[C@@H](O)c1ccc(OC(F)(F)F)cc1)c1cnccn1. The van der Waals surface area contributed by atoms with Crippen molar-refractivity contribution in [3.05, 3.63) is 54.1 Å². The number of benzene rings is 1. The van der Waals surface area contributed by atoms with Crippen molar-refractivity contribution in [2.24, 2.45) is 0 Å². The number of hydrogen-bond acceptors (Lipinski definition) is 5. The van der Waals surface area contributed by atoms with Crippen molar-refractivity contribution >= 4 is 0 Å². The third-order valence-corrected chi connectivity index (χ3v) is 3.14. The summed E-state index contributed by atoms with van der Waals surface area (Å²) in [4.78, 5) is 8.10. The standard InChI is InChI=1S/C15H16F3N3O2/c1-10(13-8-19-6-7-20-13)21-9-14(22)11-2-4-12(5-3-11)23-15(16,17)18/h2-8,10,14,21-22H,9H2,1H3/t10-,14+/m0/s1. The van der Waals surface area contributed by atoms with E-state index in [-0.39, 0.29) is 18.3 Å². The van der Waals surface area contributed by atoms with Crippen LogP contribution >= 0.6 is 0 Å². The van der Waals surface area contributed by atoms with E-state index in [0.717, 1.165) is 17.8 Å². The molecule has 0 saturated carbocycles. The first-order chi connectivity index (χ1) is 10.8. The van der Waals surface area contributed by atoms with Crippen molar-refractivity contribution in [2.75, 3.05) is 6.54 Å². The number of alkyl halides is 3. The molecule has 1 aromatic heterocycles. The minimum atomic E-state index is -4.73. The topological polar surface area (TPSA) is 67.3 Å². The zero-order valence-electron chi connectivity index (χ0n) is 12.3. The Kier molecular flexibility index (Phi) is 5.51. The fourth-order valence-electron chi connectivity index (χ4n) is 1.94.